The Labute approximate surface area is 95.9 Å². The summed E-state index contributed by atoms with van der Waals surface area (Å²) in [6.45, 7) is 2.81. The first kappa shape index (κ1) is 12.1. The minimum absolute atomic E-state index is 0.690. The highest BCUT2D eigenvalue weighted by molar-refractivity contribution is 5.35. The van der Waals surface area contributed by atoms with Crippen molar-refractivity contribution in [3.8, 4) is 17.9 Å². The summed E-state index contributed by atoms with van der Waals surface area (Å²) in [5.41, 5.74) is 0.716. The van der Waals surface area contributed by atoms with E-state index >= 15 is 0 Å². The van der Waals surface area contributed by atoms with Crippen molar-refractivity contribution < 1.29 is 4.74 Å². The summed E-state index contributed by atoms with van der Waals surface area (Å²) in [5.74, 6) is 0.0940. The van der Waals surface area contributed by atoms with E-state index in [0.29, 0.717) is 12.2 Å². The number of ether oxygens (including phenoxy) is 1. The van der Waals surface area contributed by atoms with E-state index in [9.17, 15) is 0 Å². The first-order chi connectivity index (χ1) is 7.81. The molecule has 0 amide bonds. The van der Waals surface area contributed by atoms with Gasteiger partial charge in [0.1, 0.15) is 5.75 Å². The van der Waals surface area contributed by atoms with Gasteiger partial charge < -0.3 is 4.74 Å². The van der Waals surface area contributed by atoms with Crippen LogP contribution in [0.25, 0.3) is 0 Å². The van der Waals surface area contributed by atoms with Gasteiger partial charge in [-0.2, -0.15) is 10.5 Å². The van der Waals surface area contributed by atoms with Gasteiger partial charge in [-0.05, 0) is 24.1 Å². The molecule has 0 spiro atoms. The first-order valence-electron chi connectivity index (χ1n) is 5.33. The quantitative estimate of drug-likeness (QED) is 0.708. The molecule has 0 atom stereocenters. The Morgan fingerprint density at radius 3 is 2.31 bits per heavy atom. The summed E-state index contributed by atoms with van der Waals surface area (Å²) in [6.07, 6.45) is 2.13. The second-order valence-electron chi connectivity index (χ2n) is 3.46. The lowest BCUT2D eigenvalue weighted by Gasteiger charge is -2.06. The smallest absolute Gasteiger partial charge is 0.158 e. The zero-order valence-electron chi connectivity index (χ0n) is 9.31. The molecule has 0 aliphatic heterocycles. The molecule has 0 aliphatic rings. The third kappa shape index (κ3) is 3.29. The molecule has 0 saturated carbocycles. The van der Waals surface area contributed by atoms with Crippen LogP contribution in [0.15, 0.2) is 24.3 Å². The number of benzene rings is 1. The molecule has 0 aromatic heterocycles. The van der Waals surface area contributed by atoms with Gasteiger partial charge >= 0.3 is 0 Å². The van der Waals surface area contributed by atoms with E-state index < -0.39 is 5.92 Å². The van der Waals surface area contributed by atoms with Crippen LogP contribution in [-0.2, 0) is 0 Å². The highest BCUT2D eigenvalue weighted by Gasteiger charge is 2.08. The van der Waals surface area contributed by atoms with Crippen molar-refractivity contribution in [1.29, 1.82) is 10.5 Å². The molecule has 3 heteroatoms. The maximum absolute atomic E-state index is 8.72. The zero-order valence-corrected chi connectivity index (χ0v) is 9.31. The lowest BCUT2D eigenvalue weighted by atomic mass is 10.0. The maximum atomic E-state index is 8.72. The fraction of sp³-hybridized carbons (Fsp3) is 0.385. The molecule has 16 heavy (non-hydrogen) atoms. The fourth-order valence-electron chi connectivity index (χ4n) is 1.27. The molecule has 1 rings (SSSR count). The third-order valence-electron chi connectivity index (χ3n) is 2.24. The van der Waals surface area contributed by atoms with Crippen LogP contribution in [-0.4, -0.2) is 6.61 Å². The zero-order chi connectivity index (χ0) is 11.8. The van der Waals surface area contributed by atoms with Crippen molar-refractivity contribution >= 4 is 0 Å². The van der Waals surface area contributed by atoms with Crippen molar-refractivity contribution in [2.24, 2.45) is 0 Å². The van der Waals surface area contributed by atoms with Gasteiger partial charge in [0, 0.05) is 0 Å². The average Bonchev–Trinajstić information content (AvgIpc) is 2.33. The van der Waals surface area contributed by atoms with Crippen LogP contribution in [0.1, 0.15) is 31.2 Å². The van der Waals surface area contributed by atoms with Gasteiger partial charge in [-0.1, -0.05) is 25.5 Å². The second kappa shape index (κ2) is 6.48. The van der Waals surface area contributed by atoms with Gasteiger partial charge in [-0.3, -0.25) is 0 Å². The van der Waals surface area contributed by atoms with E-state index in [1.807, 2.05) is 12.1 Å². The molecule has 0 N–H and O–H groups in total. The molecule has 1 aromatic rings. The average molecular weight is 214 g/mol. The van der Waals surface area contributed by atoms with Crippen molar-refractivity contribution in [3.05, 3.63) is 29.8 Å². The minimum Gasteiger partial charge on any atom is -0.494 e. The van der Waals surface area contributed by atoms with Crippen molar-refractivity contribution in [2.45, 2.75) is 25.7 Å². The van der Waals surface area contributed by atoms with Crippen LogP contribution in [0.2, 0.25) is 0 Å². The summed E-state index contributed by atoms with van der Waals surface area (Å²) in [4.78, 5) is 0. The van der Waals surface area contributed by atoms with Gasteiger partial charge in [0.05, 0.1) is 18.7 Å². The number of nitrogens with zero attached hydrogens (tertiary/aromatic N) is 2. The molecule has 0 radical (unpaired) electrons. The van der Waals surface area contributed by atoms with Crippen LogP contribution in [0.3, 0.4) is 0 Å². The molecular formula is C13H14N2O. The Morgan fingerprint density at radius 1 is 1.19 bits per heavy atom. The normalized spacial score (nSPS) is 9.50. The molecule has 0 aliphatic carbocycles. The Kier molecular flexibility index (Phi) is 4.89. The summed E-state index contributed by atoms with van der Waals surface area (Å²) in [6, 6.07) is 11.0. The molecule has 0 bridgehead atoms. The Balaban J connectivity index is 2.62. The van der Waals surface area contributed by atoms with E-state index in [2.05, 4.69) is 6.92 Å². The number of rotatable bonds is 5. The van der Waals surface area contributed by atoms with Crippen molar-refractivity contribution in [2.75, 3.05) is 6.61 Å². The third-order valence-corrected chi connectivity index (χ3v) is 2.24. The van der Waals surface area contributed by atoms with Gasteiger partial charge in [-0.15, -0.1) is 0 Å². The predicted octanol–water partition coefficient (Wildman–Crippen LogP) is 3.00. The SMILES string of the molecule is CCCCOc1ccc(C(C#N)C#N)cc1. The van der Waals surface area contributed by atoms with E-state index in [0.717, 1.165) is 18.6 Å². The molecule has 1 aromatic carbocycles. The summed E-state index contributed by atoms with van der Waals surface area (Å²) >= 11 is 0. The predicted molar refractivity (Wildman–Crippen MR) is 60.8 cm³/mol. The van der Waals surface area contributed by atoms with E-state index in [-0.39, 0.29) is 0 Å². The minimum atomic E-state index is -0.690. The van der Waals surface area contributed by atoms with Gasteiger partial charge in [0.15, 0.2) is 5.92 Å². The van der Waals surface area contributed by atoms with Crippen LogP contribution in [0.5, 0.6) is 5.75 Å². The molecule has 82 valence electrons. The molecule has 0 saturated heterocycles. The monoisotopic (exact) mass is 214 g/mol. The number of hydrogen-bond acceptors (Lipinski definition) is 3. The van der Waals surface area contributed by atoms with Gasteiger partial charge in [0.25, 0.3) is 0 Å². The van der Waals surface area contributed by atoms with Gasteiger partial charge in [0.2, 0.25) is 0 Å². The number of unbranched alkanes of at least 4 members (excludes halogenated alkanes) is 1. The molecule has 0 heterocycles. The van der Waals surface area contributed by atoms with Crippen LogP contribution in [0.4, 0.5) is 0 Å². The second-order valence-corrected chi connectivity index (χ2v) is 3.46. The molecular weight excluding hydrogens is 200 g/mol. The van der Waals surface area contributed by atoms with Crippen molar-refractivity contribution in [1.82, 2.24) is 0 Å². The van der Waals surface area contributed by atoms with Gasteiger partial charge in [-0.25, -0.2) is 0 Å². The maximum Gasteiger partial charge on any atom is 0.158 e. The lowest BCUT2D eigenvalue weighted by Crippen LogP contribution is -1.97. The number of hydrogen-bond donors (Lipinski definition) is 0. The standard InChI is InChI=1S/C13H14N2O/c1-2-3-8-16-13-6-4-11(5-7-13)12(9-14)10-15/h4-7,12H,2-3,8H2,1H3. The summed E-state index contributed by atoms with van der Waals surface area (Å²) in [5, 5.41) is 17.4. The largest absolute Gasteiger partial charge is 0.494 e. The summed E-state index contributed by atoms with van der Waals surface area (Å²) < 4.78 is 5.48. The topological polar surface area (TPSA) is 56.8 Å². The van der Waals surface area contributed by atoms with Crippen LogP contribution >= 0.6 is 0 Å². The lowest BCUT2D eigenvalue weighted by molar-refractivity contribution is 0.309. The fourth-order valence-corrected chi connectivity index (χ4v) is 1.27. The van der Waals surface area contributed by atoms with E-state index in [1.54, 1.807) is 24.3 Å². The Morgan fingerprint density at radius 2 is 1.81 bits per heavy atom. The van der Waals surface area contributed by atoms with Crippen LogP contribution in [0, 0.1) is 22.7 Å². The molecule has 3 nitrogen and oxygen atoms in total. The molecule has 0 fully saturated rings. The molecule has 0 unspecified atom stereocenters. The highest BCUT2D eigenvalue weighted by atomic mass is 16.5. The number of nitriles is 2. The first-order valence-corrected chi connectivity index (χ1v) is 5.33. The Hall–Kier alpha value is -2.00. The van der Waals surface area contributed by atoms with Crippen LogP contribution < -0.4 is 4.74 Å². The van der Waals surface area contributed by atoms with Crippen molar-refractivity contribution in [3.63, 3.8) is 0 Å². The summed E-state index contributed by atoms with van der Waals surface area (Å²) in [7, 11) is 0. The Bertz CT molecular complexity index is 383. The van der Waals surface area contributed by atoms with E-state index in [4.69, 9.17) is 15.3 Å². The highest BCUT2D eigenvalue weighted by Crippen LogP contribution is 2.18. The van der Waals surface area contributed by atoms with E-state index in [1.165, 1.54) is 0 Å².